The zero-order chi connectivity index (χ0) is 23.8. The minimum Gasteiger partial charge on any atom is -0.496 e. The number of hydrogen-bond acceptors (Lipinski definition) is 7. The summed E-state index contributed by atoms with van der Waals surface area (Å²) in [7, 11) is 6.27. The summed E-state index contributed by atoms with van der Waals surface area (Å²) >= 11 is 1.80. The molecule has 1 N–H and O–H groups in total. The maximum atomic E-state index is 7.00. The Hall–Kier alpha value is -2.10. The van der Waals surface area contributed by atoms with Crippen LogP contribution < -0.4 is 4.74 Å². The molecule has 8 heteroatoms. The molecule has 33 heavy (non-hydrogen) atoms. The Morgan fingerprint density at radius 1 is 1.12 bits per heavy atom. The molecule has 1 aliphatic heterocycles. The third-order valence-electron chi connectivity index (χ3n) is 6.18. The summed E-state index contributed by atoms with van der Waals surface area (Å²) in [5, 5.41) is 11.5. The highest BCUT2D eigenvalue weighted by Gasteiger charge is 2.35. The van der Waals surface area contributed by atoms with Gasteiger partial charge in [0, 0.05) is 51.1 Å². The van der Waals surface area contributed by atoms with E-state index in [1.165, 1.54) is 10.5 Å². The lowest BCUT2D eigenvalue weighted by Gasteiger charge is -2.39. The van der Waals surface area contributed by atoms with Crippen molar-refractivity contribution < 1.29 is 19.3 Å². The Morgan fingerprint density at radius 3 is 2.52 bits per heavy atom. The van der Waals surface area contributed by atoms with Crippen LogP contribution in [0.15, 0.2) is 47.6 Å². The molecule has 0 aliphatic carbocycles. The molecule has 1 fully saturated rings. The second kappa shape index (κ2) is 11.9. The van der Waals surface area contributed by atoms with Crippen molar-refractivity contribution in [1.82, 2.24) is 13.9 Å². The molecular formula is C25H35N3O4S. The van der Waals surface area contributed by atoms with Crippen LogP contribution in [0.1, 0.15) is 25.3 Å². The molecule has 4 rings (SSSR count). The lowest BCUT2D eigenvalue weighted by Crippen LogP contribution is -2.46. The average molecular weight is 474 g/mol. The van der Waals surface area contributed by atoms with Crippen molar-refractivity contribution in [3.05, 3.63) is 48.3 Å². The maximum Gasteiger partial charge on any atom is 0.127 e. The minimum atomic E-state index is -0.174. The van der Waals surface area contributed by atoms with E-state index in [1.807, 2.05) is 23.0 Å². The first-order chi connectivity index (χ1) is 16.1. The molecule has 3 heterocycles. The zero-order valence-electron chi connectivity index (χ0n) is 20.2. The van der Waals surface area contributed by atoms with Gasteiger partial charge in [0.2, 0.25) is 0 Å². The van der Waals surface area contributed by atoms with Gasteiger partial charge in [0.1, 0.15) is 5.75 Å². The van der Waals surface area contributed by atoms with Gasteiger partial charge in [-0.2, -0.15) is 5.10 Å². The van der Waals surface area contributed by atoms with Crippen molar-refractivity contribution in [1.29, 1.82) is 0 Å². The summed E-state index contributed by atoms with van der Waals surface area (Å²) in [5.41, 5.74) is 4.49. The van der Waals surface area contributed by atoms with Gasteiger partial charge < -0.3 is 19.3 Å². The number of aromatic nitrogens is 2. The third-order valence-corrected chi connectivity index (χ3v) is 7.34. The van der Waals surface area contributed by atoms with E-state index in [-0.39, 0.29) is 5.60 Å². The number of methoxy groups -OCH3 is 3. The summed E-state index contributed by atoms with van der Waals surface area (Å²) in [6, 6.07) is 10.6. The van der Waals surface area contributed by atoms with E-state index in [4.69, 9.17) is 19.3 Å². The molecule has 3 aromatic rings. The first-order valence-corrected chi connectivity index (χ1v) is 12.0. The number of hydrogen-bond donors (Lipinski definition) is 1. The predicted octanol–water partition coefficient (Wildman–Crippen LogP) is 4.32. The highest BCUT2D eigenvalue weighted by molar-refractivity contribution is 7.97. The van der Waals surface area contributed by atoms with Crippen LogP contribution in [0.4, 0.5) is 0 Å². The Bertz CT molecular complexity index is 1030. The van der Waals surface area contributed by atoms with Gasteiger partial charge in [-0.3, -0.25) is 0 Å². The first-order valence-electron chi connectivity index (χ1n) is 11.2. The zero-order valence-corrected chi connectivity index (χ0v) is 21.0. The molecule has 1 saturated heterocycles. The predicted molar refractivity (Wildman–Crippen MR) is 133 cm³/mol. The number of benzene rings is 1. The normalized spacial score (nSPS) is 15.8. The Kier molecular flexibility index (Phi) is 9.17. The van der Waals surface area contributed by atoms with Crippen molar-refractivity contribution in [2.24, 2.45) is 0 Å². The van der Waals surface area contributed by atoms with Crippen molar-refractivity contribution in [2.75, 3.05) is 48.1 Å². The van der Waals surface area contributed by atoms with Gasteiger partial charge in [0.25, 0.3) is 0 Å². The van der Waals surface area contributed by atoms with Crippen molar-refractivity contribution >= 4 is 17.5 Å². The molecule has 180 valence electrons. The van der Waals surface area contributed by atoms with E-state index in [1.54, 1.807) is 33.3 Å². The second-order valence-corrected chi connectivity index (χ2v) is 9.08. The van der Waals surface area contributed by atoms with Gasteiger partial charge >= 0.3 is 0 Å². The number of aliphatic hydroxyl groups is 1. The van der Waals surface area contributed by atoms with Crippen LogP contribution in [-0.4, -0.2) is 72.8 Å². The van der Waals surface area contributed by atoms with Crippen LogP contribution in [0.2, 0.25) is 0 Å². The quantitative estimate of drug-likeness (QED) is 0.489. The second-order valence-electron chi connectivity index (χ2n) is 7.94. The fraction of sp³-hybridized carbons (Fsp3) is 0.480. The van der Waals surface area contributed by atoms with Crippen LogP contribution in [0.3, 0.4) is 0 Å². The largest absolute Gasteiger partial charge is 0.496 e. The molecule has 0 spiro atoms. The first kappa shape index (κ1) is 25.5. The molecular weight excluding hydrogens is 438 g/mol. The van der Waals surface area contributed by atoms with E-state index >= 15 is 0 Å². The van der Waals surface area contributed by atoms with Crippen LogP contribution in [0, 0.1) is 0 Å². The summed E-state index contributed by atoms with van der Waals surface area (Å²) in [6.07, 6.45) is 6.84. The molecule has 0 unspecified atom stereocenters. The van der Waals surface area contributed by atoms with Crippen LogP contribution in [-0.2, 0) is 15.9 Å². The fourth-order valence-electron chi connectivity index (χ4n) is 4.30. The monoisotopic (exact) mass is 473 g/mol. The molecule has 1 aromatic carbocycles. The number of aryl methyl sites for hydroxylation is 1. The summed E-state index contributed by atoms with van der Waals surface area (Å²) < 4.78 is 21.4. The Labute approximate surface area is 200 Å². The van der Waals surface area contributed by atoms with Gasteiger partial charge in [0.05, 0.1) is 31.0 Å². The number of rotatable bonds is 8. The standard InChI is InChI=1S/C24H31N3O3S.CH4O/c1-5-18-16-25-27-12-9-19(15-20(18)27)23-21(29-3)7-6-8-22(23)31-26-13-10-24(30-4,11-14-26)17-28-2;1-2/h6-9,12,15-16H,5,10-11,13-14,17H2,1-4H3;2H,1H3. The maximum absolute atomic E-state index is 7.00. The van der Waals surface area contributed by atoms with Gasteiger partial charge in [0.15, 0.2) is 0 Å². The molecule has 0 radical (unpaired) electrons. The summed E-state index contributed by atoms with van der Waals surface area (Å²) in [6.45, 7) is 4.69. The Morgan fingerprint density at radius 2 is 1.88 bits per heavy atom. The van der Waals surface area contributed by atoms with Crippen molar-refractivity contribution in [3.63, 3.8) is 0 Å². The number of aliphatic hydroxyl groups excluding tert-OH is 1. The van der Waals surface area contributed by atoms with E-state index in [0.717, 1.165) is 61.9 Å². The molecule has 0 bridgehead atoms. The van der Waals surface area contributed by atoms with E-state index in [9.17, 15) is 0 Å². The van der Waals surface area contributed by atoms with Gasteiger partial charge in [-0.15, -0.1) is 0 Å². The lowest BCUT2D eigenvalue weighted by molar-refractivity contribution is -0.0891. The topological polar surface area (TPSA) is 68.5 Å². The van der Waals surface area contributed by atoms with E-state index in [0.29, 0.717) is 6.61 Å². The number of nitrogens with zero attached hydrogens (tertiary/aromatic N) is 3. The molecule has 1 aliphatic rings. The number of ether oxygens (including phenoxy) is 3. The molecule has 7 nitrogen and oxygen atoms in total. The lowest BCUT2D eigenvalue weighted by atomic mass is 9.93. The van der Waals surface area contributed by atoms with E-state index in [2.05, 4.69) is 40.6 Å². The van der Waals surface area contributed by atoms with Gasteiger partial charge in [-0.1, -0.05) is 13.0 Å². The fourth-order valence-corrected chi connectivity index (χ4v) is 5.39. The van der Waals surface area contributed by atoms with E-state index < -0.39 is 0 Å². The molecule has 0 saturated carbocycles. The average Bonchev–Trinajstić information content (AvgIpc) is 3.29. The summed E-state index contributed by atoms with van der Waals surface area (Å²) in [4.78, 5) is 1.19. The Balaban J connectivity index is 0.00000149. The number of fused-ring (bicyclic) bond motifs is 1. The number of pyridine rings is 1. The smallest absolute Gasteiger partial charge is 0.127 e. The van der Waals surface area contributed by atoms with Crippen LogP contribution >= 0.6 is 11.9 Å². The van der Waals surface area contributed by atoms with Crippen LogP contribution in [0.5, 0.6) is 5.75 Å². The minimum absolute atomic E-state index is 0.174. The van der Waals surface area contributed by atoms with Crippen LogP contribution in [0.25, 0.3) is 16.6 Å². The number of piperidine rings is 1. The van der Waals surface area contributed by atoms with Gasteiger partial charge in [-0.05, 0) is 66.6 Å². The van der Waals surface area contributed by atoms with Gasteiger partial charge in [-0.25, -0.2) is 8.82 Å². The van der Waals surface area contributed by atoms with Crippen molar-refractivity contribution in [2.45, 2.75) is 36.7 Å². The summed E-state index contributed by atoms with van der Waals surface area (Å²) in [5.74, 6) is 0.884. The SMILES string of the molecule is CCc1cnn2ccc(-c3c(OC)cccc3SN3CCC(COC)(OC)CC3)cc12.CO. The third kappa shape index (κ3) is 5.53. The highest BCUT2D eigenvalue weighted by atomic mass is 32.2. The molecule has 2 aromatic heterocycles. The molecule has 0 amide bonds. The van der Waals surface area contributed by atoms with Crippen molar-refractivity contribution in [3.8, 4) is 16.9 Å². The highest BCUT2D eigenvalue weighted by Crippen LogP contribution is 2.42. The molecule has 0 atom stereocenters.